The molecule has 0 bridgehead atoms. The molecule has 0 fully saturated rings. The van der Waals surface area contributed by atoms with Gasteiger partial charge in [0.05, 0.1) is 19.8 Å². The zero-order valence-electron chi connectivity index (χ0n) is 9.82. The lowest BCUT2D eigenvalue weighted by Gasteiger charge is -2.15. The summed E-state index contributed by atoms with van der Waals surface area (Å²) in [7, 11) is 3.06. The molecule has 0 heterocycles. The fourth-order valence-electron chi connectivity index (χ4n) is 1.52. The van der Waals surface area contributed by atoms with Gasteiger partial charge >= 0.3 is 0 Å². The topological polar surface area (TPSA) is 61.5 Å². The molecule has 1 unspecified atom stereocenters. The van der Waals surface area contributed by atoms with Crippen LogP contribution in [0.5, 0.6) is 11.5 Å². The largest absolute Gasteiger partial charge is 0.493 e. The van der Waals surface area contributed by atoms with Crippen molar-refractivity contribution in [1.29, 1.82) is 0 Å². The van der Waals surface area contributed by atoms with E-state index < -0.39 is 0 Å². The second-order valence-electron chi connectivity index (χ2n) is 3.60. The summed E-state index contributed by atoms with van der Waals surface area (Å²) in [4.78, 5) is 11.0. The summed E-state index contributed by atoms with van der Waals surface area (Å²) in [6.45, 7) is 2.52. The molecule has 0 saturated carbocycles. The van der Waals surface area contributed by atoms with Gasteiger partial charge in [0, 0.05) is 0 Å². The zero-order chi connectivity index (χ0) is 12.1. The van der Waals surface area contributed by atoms with Crippen molar-refractivity contribution in [3.8, 4) is 11.5 Å². The normalized spacial score (nSPS) is 12.0. The summed E-state index contributed by atoms with van der Waals surface area (Å²) < 4.78 is 10.3. The molecule has 4 heteroatoms. The minimum Gasteiger partial charge on any atom is -0.493 e. The van der Waals surface area contributed by atoms with Crippen LogP contribution in [0.4, 0.5) is 0 Å². The van der Waals surface area contributed by atoms with Gasteiger partial charge in [-0.25, -0.2) is 0 Å². The number of hydrogen-bond acceptors (Lipinski definition) is 4. The maximum Gasteiger partial charge on any atom is 0.171 e. The van der Waals surface area contributed by atoms with E-state index in [1.165, 1.54) is 7.11 Å². The average molecular weight is 223 g/mol. The molecule has 0 aliphatic heterocycles. The molecule has 0 aliphatic rings. The second kappa shape index (κ2) is 5.51. The molecule has 0 radical (unpaired) electrons. The first-order valence-electron chi connectivity index (χ1n) is 5.09. The smallest absolute Gasteiger partial charge is 0.171 e. The molecule has 0 spiro atoms. The molecule has 0 saturated heterocycles. The second-order valence-corrected chi connectivity index (χ2v) is 3.60. The molecule has 88 valence electrons. The van der Waals surface area contributed by atoms with E-state index in [2.05, 4.69) is 0 Å². The number of carbonyl (C=O) groups is 1. The van der Waals surface area contributed by atoms with Crippen molar-refractivity contribution in [2.45, 2.75) is 12.8 Å². The van der Waals surface area contributed by atoms with Crippen molar-refractivity contribution >= 4 is 6.29 Å². The lowest BCUT2D eigenvalue weighted by Crippen LogP contribution is -2.10. The van der Waals surface area contributed by atoms with Gasteiger partial charge in [-0.2, -0.15) is 0 Å². The van der Waals surface area contributed by atoms with Gasteiger partial charge in [0.2, 0.25) is 0 Å². The zero-order valence-corrected chi connectivity index (χ0v) is 9.82. The number of methoxy groups -OCH3 is 2. The summed E-state index contributed by atoms with van der Waals surface area (Å²) in [6.07, 6.45) is 0.758. The molecule has 0 aliphatic carbocycles. The SMILES string of the molecule is COc1cc(C(C)CN)cc(C=O)c1OC. The maximum atomic E-state index is 11.0. The molecule has 0 amide bonds. The first-order chi connectivity index (χ1) is 7.67. The van der Waals surface area contributed by atoms with Crippen LogP contribution in [0.3, 0.4) is 0 Å². The number of rotatable bonds is 5. The highest BCUT2D eigenvalue weighted by Crippen LogP contribution is 2.33. The fourth-order valence-corrected chi connectivity index (χ4v) is 1.52. The van der Waals surface area contributed by atoms with E-state index >= 15 is 0 Å². The quantitative estimate of drug-likeness (QED) is 0.770. The summed E-state index contributed by atoms with van der Waals surface area (Å²) in [6, 6.07) is 3.63. The first kappa shape index (κ1) is 12.5. The van der Waals surface area contributed by atoms with Crippen molar-refractivity contribution in [2.75, 3.05) is 20.8 Å². The Morgan fingerprint density at radius 3 is 2.50 bits per heavy atom. The van der Waals surface area contributed by atoms with E-state index in [-0.39, 0.29) is 5.92 Å². The van der Waals surface area contributed by atoms with Gasteiger partial charge in [-0.15, -0.1) is 0 Å². The Hall–Kier alpha value is -1.55. The summed E-state index contributed by atoms with van der Waals surface area (Å²) in [5, 5.41) is 0. The van der Waals surface area contributed by atoms with E-state index in [0.717, 1.165) is 11.8 Å². The van der Waals surface area contributed by atoms with Gasteiger partial charge in [0.15, 0.2) is 17.8 Å². The van der Waals surface area contributed by atoms with Crippen LogP contribution in [0.15, 0.2) is 12.1 Å². The van der Waals surface area contributed by atoms with Gasteiger partial charge in [-0.1, -0.05) is 6.92 Å². The van der Waals surface area contributed by atoms with Gasteiger partial charge < -0.3 is 15.2 Å². The Balaban J connectivity index is 3.31. The maximum absolute atomic E-state index is 11.0. The first-order valence-corrected chi connectivity index (χ1v) is 5.09. The van der Waals surface area contributed by atoms with Gasteiger partial charge in [-0.3, -0.25) is 4.79 Å². The molecule has 16 heavy (non-hydrogen) atoms. The highest BCUT2D eigenvalue weighted by atomic mass is 16.5. The van der Waals surface area contributed by atoms with E-state index in [4.69, 9.17) is 15.2 Å². The Labute approximate surface area is 95.3 Å². The standard InChI is InChI=1S/C12H17NO3/c1-8(6-13)9-4-10(7-14)12(16-3)11(5-9)15-2/h4-5,7-8H,6,13H2,1-3H3. The fraction of sp³-hybridized carbons (Fsp3) is 0.417. The molecular weight excluding hydrogens is 206 g/mol. The van der Waals surface area contributed by atoms with E-state index in [1.54, 1.807) is 13.2 Å². The van der Waals surface area contributed by atoms with Crippen molar-refractivity contribution in [3.63, 3.8) is 0 Å². The molecule has 1 aromatic carbocycles. The van der Waals surface area contributed by atoms with Gasteiger partial charge in [-0.05, 0) is 30.2 Å². The average Bonchev–Trinajstić information content (AvgIpc) is 2.35. The van der Waals surface area contributed by atoms with Gasteiger partial charge in [0.1, 0.15) is 0 Å². The number of hydrogen-bond donors (Lipinski definition) is 1. The molecule has 2 N–H and O–H groups in total. The van der Waals surface area contributed by atoms with Crippen LogP contribution in [-0.2, 0) is 0 Å². The van der Waals surface area contributed by atoms with Crippen LogP contribution < -0.4 is 15.2 Å². The Kier molecular flexibility index (Phi) is 4.31. The predicted octanol–water partition coefficient (Wildman–Crippen LogP) is 1.58. The molecule has 1 atom stereocenters. The van der Waals surface area contributed by atoms with Crippen LogP contribution in [0.25, 0.3) is 0 Å². The van der Waals surface area contributed by atoms with Crippen LogP contribution in [0, 0.1) is 0 Å². The van der Waals surface area contributed by atoms with Crippen molar-refractivity contribution in [2.24, 2.45) is 5.73 Å². The third-order valence-electron chi connectivity index (χ3n) is 2.58. The van der Waals surface area contributed by atoms with Crippen molar-refractivity contribution < 1.29 is 14.3 Å². The molecule has 1 rings (SSSR count). The van der Waals surface area contributed by atoms with E-state index in [0.29, 0.717) is 23.6 Å². The van der Waals surface area contributed by atoms with E-state index in [1.807, 2.05) is 13.0 Å². The minimum atomic E-state index is 0.179. The monoisotopic (exact) mass is 223 g/mol. The lowest BCUT2D eigenvalue weighted by atomic mass is 9.98. The van der Waals surface area contributed by atoms with Crippen LogP contribution in [-0.4, -0.2) is 27.1 Å². The van der Waals surface area contributed by atoms with Crippen molar-refractivity contribution in [1.82, 2.24) is 0 Å². The van der Waals surface area contributed by atoms with Crippen LogP contribution >= 0.6 is 0 Å². The summed E-state index contributed by atoms with van der Waals surface area (Å²) in [5.74, 6) is 1.20. The van der Waals surface area contributed by atoms with Crippen LogP contribution in [0.1, 0.15) is 28.8 Å². The minimum absolute atomic E-state index is 0.179. The Bertz CT molecular complexity index is 377. The number of nitrogens with two attached hydrogens (primary N) is 1. The Morgan fingerprint density at radius 1 is 1.38 bits per heavy atom. The predicted molar refractivity (Wildman–Crippen MR) is 62.4 cm³/mol. The summed E-state index contributed by atoms with van der Waals surface area (Å²) in [5.41, 5.74) is 7.06. The number of aldehydes is 1. The lowest BCUT2D eigenvalue weighted by molar-refractivity contribution is 0.112. The Morgan fingerprint density at radius 2 is 2.06 bits per heavy atom. The van der Waals surface area contributed by atoms with Crippen LogP contribution in [0.2, 0.25) is 0 Å². The summed E-state index contributed by atoms with van der Waals surface area (Å²) >= 11 is 0. The van der Waals surface area contributed by atoms with Gasteiger partial charge in [0.25, 0.3) is 0 Å². The third-order valence-corrected chi connectivity index (χ3v) is 2.58. The third kappa shape index (κ3) is 2.33. The number of carbonyl (C=O) groups excluding carboxylic acids is 1. The molecule has 1 aromatic rings. The molecule has 4 nitrogen and oxygen atoms in total. The highest BCUT2D eigenvalue weighted by molar-refractivity contribution is 5.81. The number of ether oxygens (including phenoxy) is 2. The molecule has 0 aromatic heterocycles. The highest BCUT2D eigenvalue weighted by Gasteiger charge is 2.14. The van der Waals surface area contributed by atoms with E-state index in [9.17, 15) is 4.79 Å². The van der Waals surface area contributed by atoms with Crippen molar-refractivity contribution in [3.05, 3.63) is 23.3 Å². The molecular formula is C12H17NO3. The number of benzene rings is 1.